The maximum absolute atomic E-state index is 11.4. The number of carbonyl (C=O) groups excluding carboxylic acids is 1. The minimum Gasteiger partial charge on any atom is -0.481 e. The molecule has 1 N–H and O–H groups in total. The molecule has 1 unspecified atom stereocenters. The SMILES string of the molecule is CCOC(=O)C(CCCCCOCOCCOC)C(=O)O. The quantitative estimate of drug-likeness (QED) is 0.225. The molecule has 124 valence electrons. The van der Waals surface area contributed by atoms with Crippen molar-refractivity contribution in [1.82, 2.24) is 0 Å². The van der Waals surface area contributed by atoms with Crippen LogP contribution in [-0.2, 0) is 28.5 Å². The van der Waals surface area contributed by atoms with Gasteiger partial charge in [0.05, 0.1) is 19.8 Å². The van der Waals surface area contributed by atoms with Crippen LogP contribution in [0.2, 0.25) is 0 Å². The summed E-state index contributed by atoms with van der Waals surface area (Å²) in [4.78, 5) is 22.4. The molecule has 0 spiro atoms. The molecule has 1 atom stereocenters. The van der Waals surface area contributed by atoms with Crippen molar-refractivity contribution in [2.45, 2.75) is 32.6 Å². The second kappa shape index (κ2) is 13.8. The van der Waals surface area contributed by atoms with Crippen LogP contribution in [0, 0.1) is 5.92 Å². The number of unbranched alkanes of at least 4 members (excludes halogenated alkanes) is 2. The number of esters is 1. The van der Waals surface area contributed by atoms with Gasteiger partial charge in [-0.15, -0.1) is 0 Å². The summed E-state index contributed by atoms with van der Waals surface area (Å²) in [5, 5.41) is 8.96. The van der Waals surface area contributed by atoms with E-state index in [9.17, 15) is 9.59 Å². The van der Waals surface area contributed by atoms with E-state index in [2.05, 4.69) is 0 Å². The van der Waals surface area contributed by atoms with Crippen molar-refractivity contribution < 1.29 is 33.6 Å². The van der Waals surface area contributed by atoms with E-state index in [4.69, 9.17) is 24.1 Å². The van der Waals surface area contributed by atoms with E-state index in [1.807, 2.05) is 0 Å². The molecule has 0 aliphatic heterocycles. The average Bonchev–Trinajstić information content (AvgIpc) is 2.44. The molecule has 0 radical (unpaired) electrons. The van der Waals surface area contributed by atoms with Gasteiger partial charge in [-0.1, -0.05) is 12.8 Å². The fourth-order valence-corrected chi connectivity index (χ4v) is 1.63. The summed E-state index contributed by atoms with van der Waals surface area (Å²) in [6, 6.07) is 0. The Morgan fingerprint density at radius 1 is 1.05 bits per heavy atom. The fraction of sp³-hybridized carbons (Fsp3) is 0.857. The number of methoxy groups -OCH3 is 1. The third-order valence-electron chi connectivity index (χ3n) is 2.75. The van der Waals surface area contributed by atoms with Crippen molar-refractivity contribution in [2.75, 3.05) is 40.3 Å². The maximum Gasteiger partial charge on any atom is 0.320 e. The normalized spacial score (nSPS) is 12.1. The number of carbonyl (C=O) groups is 2. The van der Waals surface area contributed by atoms with Crippen LogP contribution in [0.3, 0.4) is 0 Å². The lowest BCUT2D eigenvalue weighted by Crippen LogP contribution is -2.25. The maximum atomic E-state index is 11.4. The highest BCUT2D eigenvalue weighted by atomic mass is 16.7. The second-order valence-corrected chi connectivity index (χ2v) is 4.42. The molecule has 0 aromatic rings. The largest absolute Gasteiger partial charge is 0.481 e. The van der Waals surface area contributed by atoms with Crippen LogP contribution in [0.1, 0.15) is 32.6 Å². The van der Waals surface area contributed by atoms with Gasteiger partial charge in [-0.2, -0.15) is 0 Å². The number of hydrogen-bond acceptors (Lipinski definition) is 6. The highest BCUT2D eigenvalue weighted by molar-refractivity contribution is 5.93. The molecule has 0 fully saturated rings. The number of ether oxygens (including phenoxy) is 4. The Kier molecular flexibility index (Phi) is 13.0. The first kappa shape index (κ1) is 19.8. The predicted molar refractivity (Wildman–Crippen MR) is 74.9 cm³/mol. The Bertz CT molecular complexity index is 280. The van der Waals surface area contributed by atoms with Crippen molar-refractivity contribution >= 4 is 11.9 Å². The minimum atomic E-state index is -1.13. The summed E-state index contributed by atoms with van der Waals surface area (Å²) in [7, 11) is 1.60. The van der Waals surface area contributed by atoms with E-state index in [0.29, 0.717) is 32.7 Å². The summed E-state index contributed by atoms with van der Waals surface area (Å²) in [6.07, 6.45) is 2.52. The van der Waals surface area contributed by atoms with Gasteiger partial charge in [0.25, 0.3) is 0 Å². The molecule has 0 amide bonds. The summed E-state index contributed by atoms with van der Waals surface area (Å²) in [5.74, 6) is -2.85. The van der Waals surface area contributed by atoms with Gasteiger partial charge in [0.1, 0.15) is 6.79 Å². The first-order chi connectivity index (χ1) is 10.1. The molecule has 0 rings (SSSR count). The van der Waals surface area contributed by atoms with Crippen LogP contribution >= 0.6 is 0 Å². The van der Waals surface area contributed by atoms with Crippen LogP contribution in [0.5, 0.6) is 0 Å². The fourth-order valence-electron chi connectivity index (χ4n) is 1.63. The molecule has 7 heteroatoms. The topological polar surface area (TPSA) is 91.3 Å². The molecule has 21 heavy (non-hydrogen) atoms. The van der Waals surface area contributed by atoms with E-state index < -0.39 is 17.9 Å². The van der Waals surface area contributed by atoms with Crippen LogP contribution in [0.4, 0.5) is 0 Å². The number of rotatable bonds is 14. The molecule has 0 saturated heterocycles. The molecular weight excluding hydrogens is 280 g/mol. The van der Waals surface area contributed by atoms with E-state index in [0.717, 1.165) is 12.8 Å². The van der Waals surface area contributed by atoms with E-state index in [1.165, 1.54) is 0 Å². The van der Waals surface area contributed by atoms with E-state index >= 15 is 0 Å². The monoisotopic (exact) mass is 306 g/mol. The van der Waals surface area contributed by atoms with Gasteiger partial charge in [-0.3, -0.25) is 9.59 Å². The molecule has 0 aliphatic rings. The van der Waals surface area contributed by atoms with Crippen molar-refractivity contribution in [3.63, 3.8) is 0 Å². The zero-order valence-electron chi connectivity index (χ0n) is 12.8. The lowest BCUT2D eigenvalue weighted by atomic mass is 10.0. The van der Waals surface area contributed by atoms with Crippen LogP contribution in [-0.4, -0.2) is 57.4 Å². The smallest absolute Gasteiger partial charge is 0.320 e. The summed E-state index contributed by atoms with van der Waals surface area (Å²) < 4.78 is 19.9. The first-order valence-corrected chi connectivity index (χ1v) is 7.17. The molecule has 0 aromatic carbocycles. The molecule has 7 nitrogen and oxygen atoms in total. The van der Waals surface area contributed by atoms with Crippen molar-refractivity contribution in [3.8, 4) is 0 Å². The Balaban J connectivity index is 3.54. The van der Waals surface area contributed by atoms with Gasteiger partial charge in [0, 0.05) is 13.7 Å². The van der Waals surface area contributed by atoms with Crippen LogP contribution in [0.25, 0.3) is 0 Å². The lowest BCUT2D eigenvalue weighted by Gasteiger charge is -2.11. The van der Waals surface area contributed by atoms with Crippen molar-refractivity contribution in [3.05, 3.63) is 0 Å². The summed E-state index contributed by atoms with van der Waals surface area (Å²) in [5.41, 5.74) is 0. The van der Waals surface area contributed by atoms with Crippen molar-refractivity contribution in [1.29, 1.82) is 0 Å². The second-order valence-electron chi connectivity index (χ2n) is 4.42. The third kappa shape index (κ3) is 11.2. The van der Waals surface area contributed by atoms with Gasteiger partial charge in [-0.25, -0.2) is 0 Å². The molecule has 0 heterocycles. The predicted octanol–water partition coefficient (Wildman–Crippen LogP) is 1.45. The summed E-state index contributed by atoms with van der Waals surface area (Å²) in [6.45, 7) is 3.65. The number of aliphatic carboxylic acids is 1. The Morgan fingerprint density at radius 3 is 2.38 bits per heavy atom. The van der Waals surface area contributed by atoms with Gasteiger partial charge in [0.2, 0.25) is 0 Å². The number of hydrogen-bond donors (Lipinski definition) is 1. The van der Waals surface area contributed by atoms with E-state index in [-0.39, 0.29) is 13.4 Å². The Labute approximate surface area is 125 Å². The zero-order valence-corrected chi connectivity index (χ0v) is 12.8. The van der Waals surface area contributed by atoms with Gasteiger partial charge in [-0.05, 0) is 19.8 Å². The van der Waals surface area contributed by atoms with Gasteiger partial charge in [0.15, 0.2) is 5.92 Å². The average molecular weight is 306 g/mol. The highest BCUT2D eigenvalue weighted by Crippen LogP contribution is 2.12. The van der Waals surface area contributed by atoms with Crippen LogP contribution < -0.4 is 0 Å². The number of carboxylic acids is 1. The standard InChI is InChI=1S/C14H26O7/c1-3-21-14(17)12(13(15)16)7-5-4-6-8-19-11-20-10-9-18-2/h12H,3-11H2,1-2H3,(H,15,16). The highest BCUT2D eigenvalue weighted by Gasteiger charge is 2.26. The van der Waals surface area contributed by atoms with E-state index in [1.54, 1.807) is 14.0 Å². The Morgan fingerprint density at radius 2 is 1.76 bits per heavy atom. The molecule has 0 bridgehead atoms. The Hall–Kier alpha value is -1.18. The molecular formula is C14H26O7. The number of carboxylic acid groups (broad SMARTS) is 1. The van der Waals surface area contributed by atoms with Gasteiger partial charge >= 0.3 is 11.9 Å². The zero-order chi connectivity index (χ0) is 15.9. The molecule has 0 aliphatic carbocycles. The molecule has 0 aromatic heterocycles. The van der Waals surface area contributed by atoms with Crippen LogP contribution in [0.15, 0.2) is 0 Å². The third-order valence-corrected chi connectivity index (χ3v) is 2.75. The first-order valence-electron chi connectivity index (χ1n) is 7.17. The minimum absolute atomic E-state index is 0.194. The molecule has 0 saturated carbocycles. The van der Waals surface area contributed by atoms with Gasteiger partial charge < -0.3 is 24.1 Å². The lowest BCUT2D eigenvalue weighted by molar-refractivity contribution is -0.158. The van der Waals surface area contributed by atoms with Crippen molar-refractivity contribution in [2.24, 2.45) is 5.92 Å². The summed E-state index contributed by atoms with van der Waals surface area (Å²) >= 11 is 0.